The normalized spacial score (nSPS) is 11.8. The topological polar surface area (TPSA) is 92.6 Å². The summed E-state index contributed by atoms with van der Waals surface area (Å²) in [6.07, 6.45) is 4.04. The summed E-state index contributed by atoms with van der Waals surface area (Å²) in [5, 5.41) is 13.5. The van der Waals surface area contributed by atoms with Crippen molar-refractivity contribution in [3.8, 4) is 5.69 Å². The highest BCUT2D eigenvalue weighted by Crippen LogP contribution is 2.10. The van der Waals surface area contributed by atoms with E-state index in [1.807, 2.05) is 62.8 Å². The number of hydrogen-bond donors (Lipinski definition) is 3. The molecule has 0 radical (unpaired) electrons. The Bertz CT molecular complexity index is 781. The number of hydrogen-bond acceptors (Lipinski definition) is 4. The molecular weight excluding hydrogens is 368 g/mol. The van der Waals surface area contributed by atoms with Crippen LogP contribution in [-0.4, -0.2) is 47.1 Å². The summed E-state index contributed by atoms with van der Waals surface area (Å²) in [7, 11) is 0. The van der Waals surface area contributed by atoms with Crippen LogP contribution in [0.15, 0.2) is 47.7 Å². The fourth-order valence-electron chi connectivity index (χ4n) is 2.53. The molecule has 0 aliphatic carbocycles. The SMILES string of the molecule is CCNC(=NCc1cccc(-n2cccn2)c1)NCCCNC(=O)OC(C)(C)C. The summed E-state index contributed by atoms with van der Waals surface area (Å²) in [5.41, 5.74) is 1.62. The Morgan fingerprint density at radius 3 is 2.66 bits per heavy atom. The van der Waals surface area contributed by atoms with Crippen molar-refractivity contribution in [2.45, 2.75) is 46.3 Å². The lowest BCUT2D eigenvalue weighted by Gasteiger charge is -2.19. The van der Waals surface area contributed by atoms with Crippen LogP contribution in [0.3, 0.4) is 0 Å². The van der Waals surface area contributed by atoms with Crippen molar-refractivity contribution in [3.05, 3.63) is 48.3 Å². The molecule has 158 valence electrons. The van der Waals surface area contributed by atoms with Crippen molar-refractivity contribution < 1.29 is 9.53 Å². The lowest BCUT2D eigenvalue weighted by Crippen LogP contribution is -2.39. The molecule has 0 saturated carbocycles. The van der Waals surface area contributed by atoms with E-state index < -0.39 is 11.7 Å². The highest BCUT2D eigenvalue weighted by molar-refractivity contribution is 5.79. The van der Waals surface area contributed by atoms with E-state index in [-0.39, 0.29) is 0 Å². The van der Waals surface area contributed by atoms with Crippen molar-refractivity contribution in [1.82, 2.24) is 25.7 Å². The van der Waals surface area contributed by atoms with Gasteiger partial charge in [-0.3, -0.25) is 0 Å². The van der Waals surface area contributed by atoms with Gasteiger partial charge in [0.05, 0.1) is 12.2 Å². The van der Waals surface area contributed by atoms with Crippen molar-refractivity contribution in [2.24, 2.45) is 4.99 Å². The van der Waals surface area contributed by atoms with Crippen LogP contribution in [0.25, 0.3) is 5.69 Å². The zero-order chi connectivity index (χ0) is 21.1. The Morgan fingerprint density at radius 1 is 1.17 bits per heavy atom. The quantitative estimate of drug-likeness (QED) is 0.360. The maximum Gasteiger partial charge on any atom is 0.407 e. The Kier molecular flexibility index (Phi) is 8.51. The van der Waals surface area contributed by atoms with Crippen LogP contribution in [0, 0.1) is 0 Å². The number of carbonyl (C=O) groups is 1. The van der Waals surface area contributed by atoms with Gasteiger partial charge in [-0.1, -0.05) is 12.1 Å². The zero-order valence-corrected chi connectivity index (χ0v) is 17.7. The number of ether oxygens (including phenoxy) is 1. The summed E-state index contributed by atoms with van der Waals surface area (Å²) in [6, 6.07) is 10.0. The van der Waals surface area contributed by atoms with Crippen LogP contribution >= 0.6 is 0 Å². The number of nitrogens with zero attached hydrogens (tertiary/aromatic N) is 3. The Hall–Kier alpha value is -3.03. The van der Waals surface area contributed by atoms with Crippen molar-refractivity contribution in [1.29, 1.82) is 0 Å². The standard InChI is InChI=1S/C21H32N6O2/c1-5-22-19(23-11-7-12-24-20(28)29-21(2,3)4)25-16-17-9-6-10-18(15-17)27-14-8-13-26-27/h6,8-10,13-15H,5,7,11-12,16H2,1-4H3,(H,24,28)(H2,22,23,25). The van der Waals surface area contributed by atoms with Gasteiger partial charge in [0.2, 0.25) is 0 Å². The first kappa shape index (κ1) is 22.3. The summed E-state index contributed by atoms with van der Waals surface area (Å²) in [6.45, 7) is 10.1. The summed E-state index contributed by atoms with van der Waals surface area (Å²) >= 11 is 0. The minimum absolute atomic E-state index is 0.393. The average molecular weight is 401 g/mol. The first-order valence-corrected chi connectivity index (χ1v) is 9.95. The molecule has 8 heteroatoms. The Balaban J connectivity index is 1.79. The Morgan fingerprint density at radius 2 is 1.97 bits per heavy atom. The Labute approximate surface area is 172 Å². The molecule has 0 unspecified atom stereocenters. The van der Waals surface area contributed by atoms with E-state index in [2.05, 4.69) is 32.1 Å². The molecular formula is C21H32N6O2. The average Bonchev–Trinajstić information content (AvgIpc) is 3.19. The molecule has 2 aromatic rings. The van der Waals surface area contributed by atoms with Crippen LogP contribution in [0.4, 0.5) is 4.79 Å². The molecule has 0 atom stereocenters. The van der Waals surface area contributed by atoms with Gasteiger partial charge in [0, 0.05) is 32.0 Å². The molecule has 0 bridgehead atoms. The van der Waals surface area contributed by atoms with Crippen molar-refractivity contribution in [2.75, 3.05) is 19.6 Å². The minimum atomic E-state index is -0.484. The van der Waals surface area contributed by atoms with E-state index in [1.54, 1.807) is 6.20 Å². The van der Waals surface area contributed by atoms with Crippen LogP contribution in [0.2, 0.25) is 0 Å². The number of benzene rings is 1. The van der Waals surface area contributed by atoms with E-state index in [0.29, 0.717) is 19.6 Å². The first-order valence-electron chi connectivity index (χ1n) is 9.95. The highest BCUT2D eigenvalue weighted by Gasteiger charge is 2.15. The smallest absolute Gasteiger partial charge is 0.407 e. The number of amides is 1. The number of nitrogens with one attached hydrogen (secondary N) is 3. The molecule has 8 nitrogen and oxygen atoms in total. The summed E-state index contributed by atoms with van der Waals surface area (Å²) in [5.74, 6) is 0.745. The molecule has 1 amide bonds. The fraction of sp³-hybridized carbons (Fsp3) is 0.476. The molecule has 1 aromatic heterocycles. The third-order valence-electron chi connectivity index (χ3n) is 3.76. The molecule has 3 N–H and O–H groups in total. The zero-order valence-electron chi connectivity index (χ0n) is 17.7. The number of guanidine groups is 1. The van der Waals surface area contributed by atoms with E-state index in [9.17, 15) is 4.79 Å². The van der Waals surface area contributed by atoms with E-state index in [0.717, 1.165) is 30.2 Å². The summed E-state index contributed by atoms with van der Waals surface area (Å²) < 4.78 is 7.04. The summed E-state index contributed by atoms with van der Waals surface area (Å²) in [4.78, 5) is 16.3. The van der Waals surface area contributed by atoms with Gasteiger partial charge >= 0.3 is 6.09 Å². The maximum atomic E-state index is 11.6. The van der Waals surface area contributed by atoms with Crippen LogP contribution in [0.5, 0.6) is 0 Å². The second kappa shape index (κ2) is 11.1. The molecule has 0 spiro atoms. The first-order chi connectivity index (χ1) is 13.9. The number of carbonyl (C=O) groups excluding carboxylic acids is 1. The van der Waals surface area contributed by atoms with Gasteiger partial charge in [-0.25, -0.2) is 14.5 Å². The van der Waals surface area contributed by atoms with Gasteiger partial charge < -0.3 is 20.7 Å². The van der Waals surface area contributed by atoms with Gasteiger partial charge in [-0.05, 0) is 57.9 Å². The number of aromatic nitrogens is 2. The second-order valence-corrected chi connectivity index (χ2v) is 7.52. The van der Waals surface area contributed by atoms with Crippen LogP contribution in [0.1, 0.15) is 39.7 Å². The predicted molar refractivity (Wildman–Crippen MR) is 115 cm³/mol. The van der Waals surface area contributed by atoms with Crippen LogP contribution in [-0.2, 0) is 11.3 Å². The maximum absolute atomic E-state index is 11.6. The van der Waals surface area contributed by atoms with Gasteiger partial charge in [0.15, 0.2) is 5.96 Å². The second-order valence-electron chi connectivity index (χ2n) is 7.52. The van der Waals surface area contributed by atoms with Gasteiger partial charge in [-0.2, -0.15) is 5.10 Å². The monoisotopic (exact) mass is 400 g/mol. The van der Waals surface area contributed by atoms with Gasteiger partial charge in [0.25, 0.3) is 0 Å². The fourth-order valence-corrected chi connectivity index (χ4v) is 2.53. The van der Waals surface area contributed by atoms with E-state index in [1.165, 1.54) is 0 Å². The third-order valence-corrected chi connectivity index (χ3v) is 3.76. The molecule has 0 aliphatic rings. The lowest BCUT2D eigenvalue weighted by atomic mass is 10.2. The molecule has 1 heterocycles. The lowest BCUT2D eigenvalue weighted by molar-refractivity contribution is 0.0527. The molecule has 0 aliphatic heterocycles. The number of alkyl carbamates (subject to hydrolysis) is 1. The largest absolute Gasteiger partial charge is 0.444 e. The molecule has 1 aromatic carbocycles. The molecule has 29 heavy (non-hydrogen) atoms. The molecule has 0 fully saturated rings. The highest BCUT2D eigenvalue weighted by atomic mass is 16.6. The van der Waals surface area contributed by atoms with Gasteiger partial charge in [-0.15, -0.1) is 0 Å². The van der Waals surface area contributed by atoms with E-state index in [4.69, 9.17) is 4.74 Å². The third kappa shape index (κ3) is 8.68. The van der Waals surface area contributed by atoms with Crippen LogP contribution < -0.4 is 16.0 Å². The predicted octanol–water partition coefficient (Wildman–Crippen LogP) is 2.84. The van der Waals surface area contributed by atoms with Crippen molar-refractivity contribution in [3.63, 3.8) is 0 Å². The van der Waals surface area contributed by atoms with Crippen molar-refractivity contribution >= 4 is 12.1 Å². The number of rotatable bonds is 8. The van der Waals surface area contributed by atoms with Gasteiger partial charge in [0.1, 0.15) is 5.60 Å². The molecule has 0 saturated heterocycles. The molecule has 2 rings (SSSR count). The minimum Gasteiger partial charge on any atom is -0.444 e. The number of aliphatic imine (C=N–C) groups is 1. The van der Waals surface area contributed by atoms with E-state index >= 15 is 0 Å².